The van der Waals surface area contributed by atoms with Crippen molar-refractivity contribution >= 4 is 11.7 Å². The SMILES string of the molecule is CCOc1ccc(N2C(=O)N[C@H]3C[C@@]2(C)Oc2c(O)cc(C(C)(C)C)cc23)cc1. The van der Waals surface area contributed by atoms with E-state index in [2.05, 4.69) is 26.1 Å². The number of hydrogen-bond donors (Lipinski definition) is 2. The average molecular weight is 396 g/mol. The topological polar surface area (TPSA) is 71.0 Å². The Morgan fingerprint density at radius 1 is 1.28 bits per heavy atom. The van der Waals surface area contributed by atoms with Gasteiger partial charge in [0, 0.05) is 17.7 Å². The van der Waals surface area contributed by atoms with E-state index < -0.39 is 5.72 Å². The Morgan fingerprint density at radius 2 is 1.97 bits per heavy atom. The van der Waals surface area contributed by atoms with Crippen LogP contribution in [0, 0.1) is 0 Å². The lowest BCUT2D eigenvalue weighted by Gasteiger charge is -2.50. The summed E-state index contributed by atoms with van der Waals surface area (Å²) < 4.78 is 11.8. The number of carbonyl (C=O) groups excluding carboxylic acids is 1. The highest BCUT2D eigenvalue weighted by Gasteiger charge is 2.50. The van der Waals surface area contributed by atoms with Gasteiger partial charge in [0.1, 0.15) is 5.75 Å². The fourth-order valence-electron chi connectivity index (χ4n) is 4.13. The summed E-state index contributed by atoms with van der Waals surface area (Å²) in [6.07, 6.45) is 0.575. The molecule has 6 nitrogen and oxygen atoms in total. The third-order valence-electron chi connectivity index (χ3n) is 5.62. The lowest BCUT2D eigenvalue weighted by atomic mass is 9.82. The second-order valence-electron chi connectivity index (χ2n) is 8.91. The molecular weight excluding hydrogens is 368 g/mol. The number of nitrogens with one attached hydrogen (secondary N) is 1. The molecule has 154 valence electrons. The van der Waals surface area contributed by atoms with Crippen molar-refractivity contribution in [1.82, 2.24) is 5.32 Å². The van der Waals surface area contributed by atoms with Crippen molar-refractivity contribution in [2.75, 3.05) is 11.5 Å². The van der Waals surface area contributed by atoms with Gasteiger partial charge in [0.25, 0.3) is 0 Å². The molecule has 2 N–H and O–H groups in total. The summed E-state index contributed by atoms with van der Waals surface area (Å²) in [5.74, 6) is 1.29. The van der Waals surface area contributed by atoms with E-state index in [1.54, 1.807) is 11.0 Å². The van der Waals surface area contributed by atoms with Gasteiger partial charge in [0.15, 0.2) is 17.2 Å². The maximum Gasteiger partial charge on any atom is 0.325 e. The molecule has 1 fully saturated rings. The number of phenols is 1. The molecule has 0 saturated carbocycles. The highest BCUT2D eigenvalue weighted by molar-refractivity contribution is 5.95. The Labute approximate surface area is 171 Å². The van der Waals surface area contributed by atoms with E-state index in [1.165, 1.54) is 0 Å². The number of ether oxygens (including phenoxy) is 2. The van der Waals surface area contributed by atoms with Crippen LogP contribution in [0.1, 0.15) is 58.2 Å². The standard InChI is InChI=1S/C23H28N2O4/c1-6-28-16-9-7-15(8-10-16)25-21(27)24-18-13-23(25,5)29-20-17(18)11-14(12-19(20)26)22(2,3)4/h7-12,18,26H,6,13H2,1-5H3,(H,24,27)/t18-,23+/m0/s1. The fourth-order valence-corrected chi connectivity index (χ4v) is 4.13. The zero-order valence-electron chi connectivity index (χ0n) is 17.6. The van der Waals surface area contributed by atoms with Gasteiger partial charge in [-0.2, -0.15) is 0 Å². The normalized spacial score (nSPS) is 23.1. The fraction of sp³-hybridized carbons (Fsp3) is 0.435. The summed E-state index contributed by atoms with van der Waals surface area (Å²) in [7, 11) is 0. The number of fused-ring (bicyclic) bond motifs is 4. The molecule has 1 saturated heterocycles. The summed E-state index contributed by atoms with van der Waals surface area (Å²) in [6.45, 7) is 10.7. The van der Waals surface area contributed by atoms with E-state index in [0.717, 1.165) is 16.9 Å². The molecule has 2 aromatic carbocycles. The summed E-state index contributed by atoms with van der Waals surface area (Å²) in [5, 5.41) is 13.8. The molecule has 6 heteroatoms. The van der Waals surface area contributed by atoms with Gasteiger partial charge < -0.3 is 19.9 Å². The quantitative estimate of drug-likeness (QED) is 0.777. The Kier molecular flexibility index (Phi) is 4.41. The number of anilines is 1. The first kappa shape index (κ1) is 19.4. The van der Waals surface area contributed by atoms with Gasteiger partial charge in [-0.25, -0.2) is 4.79 Å². The zero-order valence-corrected chi connectivity index (χ0v) is 17.6. The Bertz CT molecular complexity index is 949. The summed E-state index contributed by atoms with van der Waals surface area (Å²) in [6, 6.07) is 10.7. The molecule has 0 radical (unpaired) electrons. The molecule has 2 amide bonds. The number of phenolic OH excluding ortho intramolecular Hbond substituents is 1. The lowest BCUT2D eigenvalue weighted by molar-refractivity contribution is 0.0348. The zero-order chi connectivity index (χ0) is 21.0. The van der Waals surface area contributed by atoms with Crippen molar-refractivity contribution in [2.24, 2.45) is 0 Å². The molecule has 2 aromatic rings. The highest BCUT2D eigenvalue weighted by atomic mass is 16.5. The monoisotopic (exact) mass is 396 g/mol. The van der Waals surface area contributed by atoms with E-state index in [1.807, 2.05) is 44.2 Å². The number of aromatic hydroxyl groups is 1. The van der Waals surface area contributed by atoms with Gasteiger partial charge in [-0.3, -0.25) is 4.90 Å². The maximum absolute atomic E-state index is 13.0. The molecule has 2 aliphatic heterocycles. The van der Waals surface area contributed by atoms with Crippen molar-refractivity contribution < 1.29 is 19.4 Å². The van der Waals surface area contributed by atoms with Crippen LogP contribution in [0.2, 0.25) is 0 Å². The van der Waals surface area contributed by atoms with Gasteiger partial charge in [-0.15, -0.1) is 0 Å². The molecule has 4 rings (SSSR count). The van der Waals surface area contributed by atoms with Crippen molar-refractivity contribution in [2.45, 2.75) is 58.2 Å². The van der Waals surface area contributed by atoms with Crippen molar-refractivity contribution in [1.29, 1.82) is 0 Å². The molecule has 0 aromatic heterocycles. The van der Waals surface area contributed by atoms with Crippen LogP contribution in [0.25, 0.3) is 0 Å². The maximum atomic E-state index is 13.0. The lowest BCUT2D eigenvalue weighted by Crippen LogP contribution is -2.65. The van der Waals surface area contributed by atoms with E-state index >= 15 is 0 Å². The van der Waals surface area contributed by atoms with Crippen LogP contribution in [0.5, 0.6) is 17.2 Å². The number of amides is 2. The van der Waals surface area contributed by atoms with Crippen LogP contribution in [-0.4, -0.2) is 23.5 Å². The van der Waals surface area contributed by atoms with Gasteiger partial charge in [-0.05, 0) is 61.2 Å². The van der Waals surface area contributed by atoms with Crippen LogP contribution in [-0.2, 0) is 5.41 Å². The van der Waals surface area contributed by atoms with Gasteiger partial charge in [-0.1, -0.05) is 20.8 Å². The minimum atomic E-state index is -0.909. The number of nitrogens with zero attached hydrogens (tertiary/aromatic N) is 1. The molecule has 2 aliphatic rings. The third-order valence-corrected chi connectivity index (χ3v) is 5.62. The number of benzene rings is 2. The minimum absolute atomic E-state index is 0.103. The first-order valence-electron chi connectivity index (χ1n) is 10.0. The number of carbonyl (C=O) groups is 1. The van der Waals surface area contributed by atoms with E-state index in [-0.39, 0.29) is 23.2 Å². The van der Waals surface area contributed by atoms with E-state index in [9.17, 15) is 9.90 Å². The molecule has 2 bridgehead atoms. The predicted molar refractivity (Wildman–Crippen MR) is 112 cm³/mol. The first-order valence-corrected chi connectivity index (χ1v) is 10.0. The van der Waals surface area contributed by atoms with Gasteiger partial charge in [0.05, 0.1) is 12.6 Å². The van der Waals surface area contributed by atoms with Crippen molar-refractivity contribution in [3.8, 4) is 17.2 Å². The minimum Gasteiger partial charge on any atom is -0.504 e. The van der Waals surface area contributed by atoms with Crippen molar-refractivity contribution in [3.05, 3.63) is 47.5 Å². The van der Waals surface area contributed by atoms with Gasteiger partial charge in [0.2, 0.25) is 0 Å². The average Bonchev–Trinajstić information content (AvgIpc) is 2.63. The summed E-state index contributed by atoms with van der Waals surface area (Å²) in [4.78, 5) is 14.7. The smallest absolute Gasteiger partial charge is 0.325 e. The Morgan fingerprint density at radius 3 is 2.59 bits per heavy atom. The highest BCUT2D eigenvalue weighted by Crippen LogP contribution is 2.50. The third kappa shape index (κ3) is 3.26. The molecular formula is C23H28N2O4. The predicted octanol–water partition coefficient (Wildman–Crippen LogP) is 4.86. The summed E-state index contributed by atoms with van der Waals surface area (Å²) in [5.41, 5.74) is 1.51. The van der Waals surface area contributed by atoms with Crippen molar-refractivity contribution in [3.63, 3.8) is 0 Å². The number of urea groups is 1. The second-order valence-corrected chi connectivity index (χ2v) is 8.91. The molecule has 0 spiro atoms. The Hall–Kier alpha value is -2.89. The van der Waals surface area contributed by atoms with E-state index in [0.29, 0.717) is 24.5 Å². The van der Waals surface area contributed by atoms with Crippen LogP contribution < -0.4 is 19.7 Å². The number of hydrogen-bond acceptors (Lipinski definition) is 4. The second kappa shape index (κ2) is 6.58. The summed E-state index contributed by atoms with van der Waals surface area (Å²) >= 11 is 0. The van der Waals surface area contributed by atoms with Crippen LogP contribution in [0.3, 0.4) is 0 Å². The molecule has 2 heterocycles. The van der Waals surface area contributed by atoms with Crippen LogP contribution in [0.15, 0.2) is 36.4 Å². The molecule has 2 atom stereocenters. The van der Waals surface area contributed by atoms with Crippen LogP contribution in [0.4, 0.5) is 10.5 Å². The largest absolute Gasteiger partial charge is 0.504 e. The molecule has 29 heavy (non-hydrogen) atoms. The number of rotatable bonds is 3. The Balaban J connectivity index is 1.74. The van der Waals surface area contributed by atoms with Crippen LogP contribution >= 0.6 is 0 Å². The molecule has 0 aliphatic carbocycles. The molecule has 0 unspecified atom stereocenters. The first-order chi connectivity index (χ1) is 13.6. The van der Waals surface area contributed by atoms with Gasteiger partial charge >= 0.3 is 6.03 Å². The van der Waals surface area contributed by atoms with E-state index in [4.69, 9.17) is 9.47 Å².